The lowest BCUT2D eigenvalue weighted by molar-refractivity contribution is 0.442. The smallest absolute Gasteiger partial charge is 0.0794 e. The Hall–Kier alpha value is -0.410. The maximum Gasteiger partial charge on any atom is 0.0794 e. The van der Waals surface area contributed by atoms with Crippen molar-refractivity contribution in [3.05, 3.63) is 16.6 Å². The van der Waals surface area contributed by atoms with Crippen molar-refractivity contribution in [3.63, 3.8) is 0 Å². The zero-order valence-corrected chi connectivity index (χ0v) is 9.40. The van der Waals surface area contributed by atoms with E-state index in [1.54, 1.807) is 11.3 Å². The molecule has 0 saturated carbocycles. The number of aromatic nitrogens is 1. The minimum atomic E-state index is 0.598. The molecule has 1 N–H and O–H groups in total. The monoisotopic (exact) mass is 198 g/mol. The van der Waals surface area contributed by atoms with Crippen LogP contribution in [0.3, 0.4) is 0 Å². The SMILES string of the molecule is CNC(Cc1cncs1)CC(C)C. The number of nitrogens with zero attached hydrogens (tertiary/aromatic N) is 1. The van der Waals surface area contributed by atoms with Gasteiger partial charge in [-0.25, -0.2) is 0 Å². The summed E-state index contributed by atoms with van der Waals surface area (Å²) in [4.78, 5) is 5.45. The van der Waals surface area contributed by atoms with Gasteiger partial charge < -0.3 is 5.32 Å². The second-order valence-corrected chi connectivity index (χ2v) is 4.76. The molecular weight excluding hydrogens is 180 g/mol. The summed E-state index contributed by atoms with van der Waals surface area (Å²) < 4.78 is 0. The number of hydrogen-bond acceptors (Lipinski definition) is 3. The molecule has 13 heavy (non-hydrogen) atoms. The van der Waals surface area contributed by atoms with Crippen molar-refractivity contribution in [3.8, 4) is 0 Å². The molecule has 1 atom stereocenters. The van der Waals surface area contributed by atoms with Gasteiger partial charge >= 0.3 is 0 Å². The van der Waals surface area contributed by atoms with E-state index in [0.717, 1.165) is 12.3 Å². The number of nitrogens with one attached hydrogen (secondary N) is 1. The van der Waals surface area contributed by atoms with Crippen LogP contribution in [-0.4, -0.2) is 18.1 Å². The van der Waals surface area contributed by atoms with Crippen molar-refractivity contribution < 1.29 is 0 Å². The normalized spacial score (nSPS) is 13.5. The summed E-state index contributed by atoms with van der Waals surface area (Å²) in [7, 11) is 2.04. The number of hydrogen-bond donors (Lipinski definition) is 1. The van der Waals surface area contributed by atoms with Crippen molar-refractivity contribution in [2.75, 3.05) is 7.05 Å². The topological polar surface area (TPSA) is 24.9 Å². The van der Waals surface area contributed by atoms with Crippen molar-refractivity contribution in [1.29, 1.82) is 0 Å². The van der Waals surface area contributed by atoms with E-state index in [-0.39, 0.29) is 0 Å². The van der Waals surface area contributed by atoms with Crippen LogP contribution in [0.4, 0.5) is 0 Å². The largest absolute Gasteiger partial charge is 0.317 e. The molecule has 0 fully saturated rings. The molecule has 3 heteroatoms. The van der Waals surface area contributed by atoms with E-state index < -0.39 is 0 Å². The third kappa shape index (κ3) is 3.87. The zero-order valence-electron chi connectivity index (χ0n) is 8.58. The lowest BCUT2D eigenvalue weighted by atomic mass is 10.0. The van der Waals surface area contributed by atoms with Gasteiger partial charge in [-0.05, 0) is 25.8 Å². The van der Waals surface area contributed by atoms with E-state index >= 15 is 0 Å². The predicted molar refractivity (Wildman–Crippen MR) is 58.1 cm³/mol. The molecule has 0 aliphatic rings. The van der Waals surface area contributed by atoms with Gasteiger partial charge in [0, 0.05) is 17.1 Å². The summed E-state index contributed by atoms with van der Waals surface area (Å²) in [5, 5.41) is 3.35. The molecule has 0 bridgehead atoms. The van der Waals surface area contributed by atoms with Gasteiger partial charge in [0.2, 0.25) is 0 Å². The number of rotatable bonds is 5. The van der Waals surface area contributed by atoms with Crippen LogP contribution < -0.4 is 5.32 Å². The fourth-order valence-corrected chi connectivity index (χ4v) is 2.13. The maximum atomic E-state index is 4.08. The van der Waals surface area contributed by atoms with E-state index in [9.17, 15) is 0 Å². The summed E-state index contributed by atoms with van der Waals surface area (Å²) >= 11 is 1.74. The molecule has 74 valence electrons. The molecule has 0 amide bonds. The molecule has 1 rings (SSSR count). The third-order valence-electron chi connectivity index (χ3n) is 2.10. The first-order chi connectivity index (χ1) is 6.22. The minimum absolute atomic E-state index is 0.598. The van der Waals surface area contributed by atoms with Gasteiger partial charge in [-0.3, -0.25) is 4.98 Å². The van der Waals surface area contributed by atoms with Gasteiger partial charge in [0.05, 0.1) is 5.51 Å². The highest BCUT2D eigenvalue weighted by atomic mass is 32.1. The Labute approximate surface area is 84.4 Å². The van der Waals surface area contributed by atoms with Crippen LogP contribution in [0.15, 0.2) is 11.7 Å². The van der Waals surface area contributed by atoms with E-state index in [0.29, 0.717) is 6.04 Å². The van der Waals surface area contributed by atoms with Crippen molar-refractivity contribution in [2.45, 2.75) is 32.7 Å². The molecule has 1 aromatic heterocycles. The Kier molecular flexibility index (Phi) is 4.39. The average Bonchev–Trinajstić information content (AvgIpc) is 2.55. The summed E-state index contributed by atoms with van der Waals surface area (Å²) in [6, 6.07) is 0.598. The molecule has 1 unspecified atom stereocenters. The van der Waals surface area contributed by atoms with Gasteiger partial charge in [-0.15, -0.1) is 11.3 Å². The predicted octanol–water partition coefficient (Wildman–Crippen LogP) is 2.32. The highest BCUT2D eigenvalue weighted by Gasteiger charge is 2.09. The Morgan fingerprint density at radius 2 is 2.31 bits per heavy atom. The van der Waals surface area contributed by atoms with E-state index in [1.807, 2.05) is 18.8 Å². The Balaban J connectivity index is 2.40. The van der Waals surface area contributed by atoms with Crippen LogP contribution in [0.1, 0.15) is 25.1 Å². The van der Waals surface area contributed by atoms with Gasteiger partial charge in [0.15, 0.2) is 0 Å². The zero-order chi connectivity index (χ0) is 9.68. The third-order valence-corrected chi connectivity index (χ3v) is 2.90. The molecule has 0 aliphatic carbocycles. The number of thiazole rings is 1. The molecule has 0 aliphatic heterocycles. The molecule has 0 aromatic carbocycles. The van der Waals surface area contributed by atoms with Crippen LogP contribution in [0, 0.1) is 5.92 Å². The lowest BCUT2D eigenvalue weighted by Gasteiger charge is -2.16. The van der Waals surface area contributed by atoms with Crippen LogP contribution in [0.5, 0.6) is 0 Å². The van der Waals surface area contributed by atoms with Gasteiger partial charge in [0.25, 0.3) is 0 Å². The van der Waals surface area contributed by atoms with Gasteiger partial charge in [0.1, 0.15) is 0 Å². The van der Waals surface area contributed by atoms with E-state index in [4.69, 9.17) is 0 Å². The van der Waals surface area contributed by atoms with Crippen molar-refractivity contribution >= 4 is 11.3 Å². The highest BCUT2D eigenvalue weighted by molar-refractivity contribution is 7.09. The van der Waals surface area contributed by atoms with E-state index in [2.05, 4.69) is 24.1 Å². The van der Waals surface area contributed by atoms with Crippen molar-refractivity contribution in [2.24, 2.45) is 5.92 Å². The second kappa shape index (κ2) is 5.35. The molecule has 0 radical (unpaired) electrons. The summed E-state index contributed by atoms with van der Waals surface area (Å²) in [6.45, 7) is 4.52. The fraction of sp³-hybridized carbons (Fsp3) is 0.700. The van der Waals surface area contributed by atoms with Crippen LogP contribution in [0.25, 0.3) is 0 Å². The van der Waals surface area contributed by atoms with Gasteiger partial charge in [-0.2, -0.15) is 0 Å². The quantitative estimate of drug-likeness (QED) is 0.785. The van der Waals surface area contributed by atoms with Gasteiger partial charge in [-0.1, -0.05) is 13.8 Å². The molecular formula is C10H18N2S. The highest BCUT2D eigenvalue weighted by Crippen LogP contribution is 2.13. The molecule has 0 spiro atoms. The van der Waals surface area contributed by atoms with Crippen LogP contribution in [0.2, 0.25) is 0 Å². The van der Waals surface area contributed by atoms with E-state index in [1.165, 1.54) is 11.3 Å². The molecule has 1 aromatic rings. The summed E-state index contributed by atoms with van der Waals surface area (Å²) in [5.74, 6) is 0.755. The first-order valence-electron chi connectivity index (χ1n) is 4.77. The second-order valence-electron chi connectivity index (χ2n) is 3.79. The number of likely N-dealkylation sites (N-methyl/N-ethyl adjacent to an activating group) is 1. The maximum absolute atomic E-state index is 4.08. The Morgan fingerprint density at radius 3 is 2.77 bits per heavy atom. The lowest BCUT2D eigenvalue weighted by Crippen LogP contribution is -2.28. The Bertz CT molecular complexity index is 219. The summed E-state index contributed by atoms with van der Waals surface area (Å²) in [6.07, 6.45) is 4.31. The fourth-order valence-electron chi connectivity index (χ4n) is 1.46. The first kappa shape index (κ1) is 10.7. The standard InChI is InChI=1S/C10H18N2S/c1-8(2)4-9(11-3)5-10-6-12-7-13-10/h6-9,11H,4-5H2,1-3H3. The average molecular weight is 198 g/mol. The first-order valence-corrected chi connectivity index (χ1v) is 5.65. The molecule has 2 nitrogen and oxygen atoms in total. The molecule has 1 heterocycles. The minimum Gasteiger partial charge on any atom is -0.317 e. The van der Waals surface area contributed by atoms with Crippen LogP contribution in [-0.2, 0) is 6.42 Å². The Morgan fingerprint density at radius 1 is 1.54 bits per heavy atom. The summed E-state index contributed by atoms with van der Waals surface area (Å²) in [5.41, 5.74) is 1.90. The van der Waals surface area contributed by atoms with Crippen molar-refractivity contribution in [1.82, 2.24) is 10.3 Å². The van der Waals surface area contributed by atoms with Crippen LogP contribution >= 0.6 is 11.3 Å². The molecule has 0 saturated heterocycles.